The van der Waals surface area contributed by atoms with E-state index in [1.807, 2.05) is 0 Å². The lowest BCUT2D eigenvalue weighted by Gasteiger charge is -2.30. The van der Waals surface area contributed by atoms with E-state index >= 15 is 0 Å². The summed E-state index contributed by atoms with van der Waals surface area (Å²) in [5.41, 5.74) is 0. The molecule has 0 unspecified atom stereocenters. The summed E-state index contributed by atoms with van der Waals surface area (Å²) >= 11 is 0. The minimum Gasteiger partial charge on any atom is -0.348 e. The molecular formula is C10H12F7NO. The van der Waals surface area contributed by atoms with Gasteiger partial charge < -0.3 is 5.32 Å². The van der Waals surface area contributed by atoms with Crippen molar-refractivity contribution >= 4 is 5.91 Å². The molecule has 1 amide bonds. The van der Waals surface area contributed by atoms with Gasteiger partial charge in [0.2, 0.25) is 0 Å². The van der Waals surface area contributed by atoms with Crippen LogP contribution in [0.15, 0.2) is 0 Å². The first-order chi connectivity index (χ1) is 8.50. The Bertz CT molecular complexity index is 333. The molecule has 0 atom stereocenters. The monoisotopic (exact) mass is 295 g/mol. The van der Waals surface area contributed by atoms with E-state index in [9.17, 15) is 35.5 Å². The Kier molecular flexibility index (Phi) is 4.36. The van der Waals surface area contributed by atoms with Crippen molar-refractivity contribution < 1.29 is 35.5 Å². The van der Waals surface area contributed by atoms with E-state index in [4.69, 9.17) is 0 Å². The summed E-state index contributed by atoms with van der Waals surface area (Å²) in [5.74, 6) is -14.8. The first-order valence-electron chi connectivity index (χ1n) is 5.63. The Balaban J connectivity index is 2.78. The van der Waals surface area contributed by atoms with Crippen LogP contribution >= 0.6 is 0 Å². The molecule has 1 N–H and O–H groups in total. The van der Waals surface area contributed by atoms with Crippen LogP contribution < -0.4 is 5.32 Å². The molecule has 0 saturated heterocycles. The summed E-state index contributed by atoms with van der Waals surface area (Å²) in [6.45, 7) is 0. The zero-order chi connectivity index (χ0) is 14.9. The molecule has 2 nitrogen and oxygen atoms in total. The lowest BCUT2D eigenvalue weighted by molar-refractivity contribution is -0.344. The Morgan fingerprint density at radius 2 is 1.37 bits per heavy atom. The van der Waals surface area contributed by atoms with Crippen LogP contribution in [0.5, 0.6) is 0 Å². The predicted molar refractivity (Wildman–Crippen MR) is 51.0 cm³/mol. The lowest BCUT2D eigenvalue weighted by atomic mass is 9.95. The van der Waals surface area contributed by atoms with Crippen LogP contribution in [-0.2, 0) is 4.79 Å². The standard InChI is InChI=1S/C10H12F7NO/c11-8(12,9(13,14)10(15,16)17)7(19)18-6-4-2-1-3-5-6/h6H,1-5H2,(H,18,19). The van der Waals surface area contributed by atoms with Gasteiger partial charge in [0.05, 0.1) is 0 Å². The first kappa shape index (κ1) is 16.0. The predicted octanol–water partition coefficient (Wildman–Crippen LogP) is 3.27. The van der Waals surface area contributed by atoms with Gasteiger partial charge in [0.15, 0.2) is 0 Å². The summed E-state index contributed by atoms with van der Waals surface area (Å²) in [7, 11) is 0. The highest BCUT2D eigenvalue weighted by molar-refractivity contribution is 5.85. The van der Waals surface area contributed by atoms with Gasteiger partial charge >= 0.3 is 18.0 Å². The lowest BCUT2D eigenvalue weighted by Crippen LogP contribution is -2.60. The molecule has 0 aromatic rings. The third-order valence-corrected chi connectivity index (χ3v) is 2.98. The van der Waals surface area contributed by atoms with E-state index < -0.39 is 30.0 Å². The molecule has 1 aliphatic carbocycles. The van der Waals surface area contributed by atoms with Crippen LogP contribution in [-0.4, -0.2) is 30.0 Å². The Morgan fingerprint density at radius 3 is 1.79 bits per heavy atom. The Labute approximate surface area is 104 Å². The van der Waals surface area contributed by atoms with Gasteiger partial charge in [-0.15, -0.1) is 0 Å². The van der Waals surface area contributed by atoms with E-state index in [-0.39, 0.29) is 0 Å². The molecule has 9 heteroatoms. The zero-order valence-corrected chi connectivity index (χ0v) is 9.67. The number of hydrogen-bond acceptors (Lipinski definition) is 1. The molecule has 0 aromatic carbocycles. The van der Waals surface area contributed by atoms with Gasteiger partial charge in [-0.3, -0.25) is 4.79 Å². The molecule has 1 rings (SSSR count). The second-order valence-electron chi connectivity index (χ2n) is 4.45. The number of rotatable bonds is 3. The van der Waals surface area contributed by atoms with Gasteiger partial charge in [-0.1, -0.05) is 19.3 Å². The summed E-state index contributed by atoms with van der Waals surface area (Å²) in [4.78, 5) is 11.0. The minimum absolute atomic E-state index is 0.291. The molecular weight excluding hydrogens is 283 g/mol. The molecule has 0 aromatic heterocycles. The van der Waals surface area contributed by atoms with Crippen LogP contribution in [0.2, 0.25) is 0 Å². The third-order valence-electron chi connectivity index (χ3n) is 2.98. The molecule has 1 saturated carbocycles. The quantitative estimate of drug-likeness (QED) is 0.796. The summed E-state index contributed by atoms with van der Waals surface area (Å²) in [6.07, 6.45) is -3.89. The molecule has 1 aliphatic rings. The second-order valence-corrected chi connectivity index (χ2v) is 4.45. The molecule has 0 heterocycles. The molecule has 1 fully saturated rings. The Morgan fingerprint density at radius 1 is 0.895 bits per heavy atom. The van der Waals surface area contributed by atoms with Crippen molar-refractivity contribution in [2.24, 2.45) is 0 Å². The van der Waals surface area contributed by atoms with E-state index in [2.05, 4.69) is 0 Å². The molecule has 112 valence electrons. The number of hydrogen-bond donors (Lipinski definition) is 1. The number of nitrogens with one attached hydrogen (secondary N) is 1. The molecule has 0 spiro atoms. The van der Waals surface area contributed by atoms with Crippen molar-refractivity contribution in [3.05, 3.63) is 0 Å². The number of amides is 1. The topological polar surface area (TPSA) is 29.1 Å². The fraction of sp³-hybridized carbons (Fsp3) is 0.900. The van der Waals surface area contributed by atoms with Crippen molar-refractivity contribution in [3.8, 4) is 0 Å². The maximum atomic E-state index is 13.0. The highest BCUT2D eigenvalue weighted by atomic mass is 19.4. The van der Waals surface area contributed by atoms with Gasteiger partial charge in [-0.05, 0) is 12.8 Å². The second kappa shape index (κ2) is 5.16. The smallest absolute Gasteiger partial charge is 0.348 e. The number of alkyl halides is 7. The minimum atomic E-state index is -6.49. The van der Waals surface area contributed by atoms with Crippen LogP contribution in [0.4, 0.5) is 30.7 Å². The number of carbonyl (C=O) groups is 1. The van der Waals surface area contributed by atoms with Crippen molar-refractivity contribution in [1.82, 2.24) is 5.32 Å². The van der Waals surface area contributed by atoms with Gasteiger partial charge in [0.25, 0.3) is 5.91 Å². The fourth-order valence-electron chi connectivity index (χ4n) is 1.84. The summed E-state index contributed by atoms with van der Waals surface area (Å²) in [6, 6.07) is -0.781. The first-order valence-corrected chi connectivity index (χ1v) is 5.63. The highest BCUT2D eigenvalue weighted by Crippen LogP contribution is 2.46. The molecule has 0 aliphatic heterocycles. The largest absolute Gasteiger partial charge is 0.460 e. The Hall–Kier alpha value is -1.02. The highest BCUT2D eigenvalue weighted by Gasteiger charge is 2.76. The summed E-state index contributed by atoms with van der Waals surface area (Å²) < 4.78 is 86.7. The number of halogens is 7. The van der Waals surface area contributed by atoms with Gasteiger partial charge in [-0.2, -0.15) is 30.7 Å². The third kappa shape index (κ3) is 3.11. The van der Waals surface area contributed by atoms with Crippen molar-refractivity contribution in [1.29, 1.82) is 0 Å². The van der Waals surface area contributed by atoms with Crippen LogP contribution in [0, 0.1) is 0 Å². The van der Waals surface area contributed by atoms with Crippen LogP contribution in [0.3, 0.4) is 0 Å². The normalized spacial score (nSPS) is 19.3. The van der Waals surface area contributed by atoms with Crippen LogP contribution in [0.1, 0.15) is 32.1 Å². The van der Waals surface area contributed by atoms with Crippen LogP contribution in [0.25, 0.3) is 0 Å². The van der Waals surface area contributed by atoms with E-state index in [0.29, 0.717) is 25.7 Å². The zero-order valence-electron chi connectivity index (χ0n) is 9.67. The van der Waals surface area contributed by atoms with E-state index in [1.54, 1.807) is 5.32 Å². The van der Waals surface area contributed by atoms with E-state index in [1.165, 1.54) is 0 Å². The van der Waals surface area contributed by atoms with Gasteiger partial charge in [0, 0.05) is 6.04 Å². The average Bonchev–Trinajstić information content (AvgIpc) is 2.28. The average molecular weight is 295 g/mol. The molecule has 19 heavy (non-hydrogen) atoms. The van der Waals surface area contributed by atoms with Crippen molar-refractivity contribution in [3.63, 3.8) is 0 Å². The van der Waals surface area contributed by atoms with Crippen molar-refractivity contribution in [2.45, 2.75) is 56.2 Å². The fourth-order valence-corrected chi connectivity index (χ4v) is 1.84. The number of carbonyl (C=O) groups excluding carboxylic acids is 1. The SMILES string of the molecule is O=C(NC1CCCCC1)C(F)(F)C(F)(F)C(F)(F)F. The van der Waals surface area contributed by atoms with Gasteiger partial charge in [-0.25, -0.2) is 0 Å². The maximum absolute atomic E-state index is 13.0. The maximum Gasteiger partial charge on any atom is 0.460 e. The van der Waals surface area contributed by atoms with E-state index in [0.717, 1.165) is 6.42 Å². The molecule has 0 bridgehead atoms. The van der Waals surface area contributed by atoms with Crippen molar-refractivity contribution in [2.75, 3.05) is 0 Å². The van der Waals surface area contributed by atoms with Gasteiger partial charge in [0.1, 0.15) is 0 Å². The molecule has 0 radical (unpaired) electrons. The summed E-state index contributed by atoms with van der Waals surface area (Å²) in [5, 5.41) is 1.57.